The fourth-order valence-electron chi connectivity index (χ4n) is 2.24. The molecular formula is C11H19N. The van der Waals surface area contributed by atoms with Crippen molar-refractivity contribution in [2.45, 2.75) is 39.2 Å². The summed E-state index contributed by atoms with van der Waals surface area (Å²) in [6, 6.07) is 0.967. The highest BCUT2D eigenvalue weighted by atomic mass is 15.2. The first kappa shape index (κ1) is 8.31. The SMILES string of the molecule is CC(C)=CCN1CCC[C@@H]2C[C@@H]21. The van der Waals surface area contributed by atoms with Crippen molar-refractivity contribution in [3.8, 4) is 0 Å². The summed E-state index contributed by atoms with van der Waals surface area (Å²) in [4.78, 5) is 2.65. The molecule has 1 heterocycles. The summed E-state index contributed by atoms with van der Waals surface area (Å²) in [5.41, 5.74) is 1.46. The molecule has 1 saturated carbocycles. The summed E-state index contributed by atoms with van der Waals surface area (Å²) in [7, 11) is 0. The van der Waals surface area contributed by atoms with E-state index in [0.29, 0.717) is 0 Å². The third-order valence-electron chi connectivity index (χ3n) is 3.11. The fourth-order valence-corrected chi connectivity index (χ4v) is 2.24. The van der Waals surface area contributed by atoms with Crippen molar-refractivity contribution in [2.24, 2.45) is 5.92 Å². The van der Waals surface area contributed by atoms with Crippen LogP contribution in [0.2, 0.25) is 0 Å². The highest BCUT2D eigenvalue weighted by molar-refractivity contribution is 5.02. The van der Waals surface area contributed by atoms with Crippen LogP contribution >= 0.6 is 0 Å². The number of likely N-dealkylation sites (tertiary alicyclic amines) is 1. The van der Waals surface area contributed by atoms with Crippen LogP contribution in [0.5, 0.6) is 0 Å². The molecule has 0 N–H and O–H groups in total. The number of allylic oxidation sites excluding steroid dienone is 1. The van der Waals surface area contributed by atoms with Crippen LogP contribution in [0.15, 0.2) is 11.6 Å². The summed E-state index contributed by atoms with van der Waals surface area (Å²) >= 11 is 0. The second-order valence-electron chi connectivity index (χ2n) is 4.48. The number of hydrogen-bond acceptors (Lipinski definition) is 1. The highest BCUT2D eigenvalue weighted by Crippen LogP contribution is 2.42. The van der Waals surface area contributed by atoms with Gasteiger partial charge in [0.15, 0.2) is 0 Å². The Labute approximate surface area is 75.4 Å². The first-order valence-corrected chi connectivity index (χ1v) is 5.15. The Bertz CT molecular complexity index is 191. The lowest BCUT2D eigenvalue weighted by atomic mass is 10.1. The summed E-state index contributed by atoms with van der Waals surface area (Å²) < 4.78 is 0. The van der Waals surface area contributed by atoms with Crippen LogP contribution in [0, 0.1) is 5.92 Å². The number of fused-ring (bicyclic) bond motifs is 1. The maximum Gasteiger partial charge on any atom is 0.0168 e. The molecule has 0 amide bonds. The van der Waals surface area contributed by atoms with Crippen LogP contribution < -0.4 is 0 Å². The van der Waals surface area contributed by atoms with E-state index in [4.69, 9.17) is 0 Å². The van der Waals surface area contributed by atoms with Gasteiger partial charge in [-0.05, 0) is 45.6 Å². The molecule has 2 rings (SSSR count). The third kappa shape index (κ3) is 1.71. The first-order chi connectivity index (χ1) is 5.77. The van der Waals surface area contributed by atoms with Gasteiger partial charge in [0.05, 0.1) is 0 Å². The largest absolute Gasteiger partial charge is 0.296 e. The van der Waals surface area contributed by atoms with Gasteiger partial charge in [-0.15, -0.1) is 0 Å². The number of nitrogens with zero attached hydrogens (tertiary/aromatic N) is 1. The molecular weight excluding hydrogens is 146 g/mol. The zero-order chi connectivity index (χ0) is 8.55. The van der Waals surface area contributed by atoms with E-state index < -0.39 is 0 Å². The van der Waals surface area contributed by atoms with E-state index in [9.17, 15) is 0 Å². The first-order valence-electron chi connectivity index (χ1n) is 5.15. The molecule has 1 nitrogen and oxygen atoms in total. The second kappa shape index (κ2) is 3.21. The van der Waals surface area contributed by atoms with E-state index in [1.54, 1.807) is 0 Å². The molecule has 0 radical (unpaired) electrons. The summed E-state index contributed by atoms with van der Waals surface area (Å²) in [5, 5.41) is 0. The minimum absolute atomic E-state index is 0.967. The summed E-state index contributed by atoms with van der Waals surface area (Å²) in [6.45, 7) is 6.91. The Kier molecular flexibility index (Phi) is 2.22. The molecule has 1 aliphatic heterocycles. The van der Waals surface area contributed by atoms with Crippen molar-refractivity contribution < 1.29 is 0 Å². The average molecular weight is 165 g/mol. The van der Waals surface area contributed by atoms with Gasteiger partial charge in [0.25, 0.3) is 0 Å². The molecule has 2 fully saturated rings. The van der Waals surface area contributed by atoms with Crippen molar-refractivity contribution in [1.82, 2.24) is 4.90 Å². The molecule has 0 unspecified atom stereocenters. The van der Waals surface area contributed by atoms with E-state index in [-0.39, 0.29) is 0 Å². The molecule has 2 aliphatic rings. The molecule has 0 bridgehead atoms. The van der Waals surface area contributed by atoms with E-state index in [1.807, 2.05) is 0 Å². The Balaban J connectivity index is 1.84. The van der Waals surface area contributed by atoms with Crippen LogP contribution in [0.1, 0.15) is 33.1 Å². The molecule has 0 aromatic carbocycles. The van der Waals surface area contributed by atoms with Gasteiger partial charge in [0.2, 0.25) is 0 Å². The van der Waals surface area contributed by atoms with Gasteiger partial charge in [0, 0.05) is 12.6 Å². The molecule has 0 aromatic heterocycles. The minimum Gasteiger partial charge on any atom is -0.296 e. The molecule has 2 atom stereocenters. The maximum absolute atomic E-state index is 2.65. The summed E-state index contributed by atoms with van der Waals surface area (Å²) in [6.07, 6.45) is 6.77. The van der Waals surface area contributed by atoms with Gasteiger partial charge in [-0.2, -0.15) is 0 Å². The highest BCUT2D eigenvalue weighted by Gasteiger charge is 2.43. The molecule has 12 heavy (non-hydrogen) atoms. The monoisotopic (exact) mass is 165 g/mol. The lowest BCUT2D eigenvalue weighted by molar-refractivity contribution is 0.237. The third-order valence-corrected chi connectivity index (χ3v) is 3.11. The molecule has 0 spiro atoms. The van der Waals surface area contributed by atoms with Crippen molar-refractivity contribution in [3.05, 3.63) is 11.6 Å². The van der Waals surface area contributed by atoms with Crippen molar-refractivity contribution >= 4 is 0 Å². The quantitative estimate of drug-likeness (QED) is 0.568. The van der Waals surface area contributed by atoms with Crippen LogP contribution in [-0.4, -0.2) is 24.0 Å². The van der Waals surface area contributed by atoms with Gasteiger partial charge in [0.1, 0.15) is 0 Å². The zero-order valence-corrected chi connectivity index (χ0v) is 8.21. The van der Waals surface area contributed by atoms with Gasteiger partial charge >= 0.3 is 0 Å². The van der Waals surface area contributed by atoms with E-state index in [2.05, 4.69) is 24.8 Å². The Morgan fingerprint density at radius 3 is 3.08 bits per heavy atom. The normalized spacial score (nSPS) is 34.2. The van der Waals surface area contributed by atoms with Crippen LogP contribution in [0.25, 0.3) is 0 Å². The Morgan fingerprint density at radius 1 is 1.50 bits per heavy atom. The predicted molar refractivity (Wildman–Crippen MR) is 52.1 cm³/mol. The van der Waals surface area contributed by atoms with Crippen molar-refractivity contribution in [1.29, 1.82) is 0 Å². The summed E-state index contributed by atoms with van der Waals surface area (Å²) in [5.74, 6) is 1.07. The number of rotatable bonds is 2. The molecule has 1 aliphatic carbocycles. The average Bonchev–Trinajstić information content (AvgIpc) is 2.78. The van der Waals surface area contributed by atoms with Gasteiger partial charge < -0.3 is 0 Å². The molecule has 1 heteroatoms. The lowest BCUT2D eigenvalue weighted by Crippen LogP contribution is -2.31. The Morgan fingerprint density at radius 2 is 2.33 bits per heavy atom. The smallest absolute Gasteiger partial charge is 0.0168 e. The van der Waals surface area contributed by atoms with Gasteiger partial charge in [-0.25, -0.2) is 0 Å². The van der Waals surface area contributed by atoms with Crippen LogP contribution in [0.3, 0.4) is 0 Å². The topological polar surface area (TPSA) is 3.24 Å². The van der Waals surface area contributed by atoms with Crippen LogP contribution in [-0.2, 0) is 0 Å². The maximum atomic E-state index is 2.65. The number of piperidine rings is 1. The van der Waals surface area contributed by atoms with E-state index in [1.165, 1.54) is 37.9 Å². The van der Waals surface area contributed by atoms with Gasteiger partial charge in [-0.1, -0.05) is 11.6 Å². The minimum atomic E-state index is 0.967. The zero-order valence-electron chi connectivity index (χ0n) is 8.21. The molecule has 68 valence electrons. The Hall–Kier alpha value is -0.300. The lowest BCUT2D eigenvalue weighted by Gasteiger charge is -2.25. The predicted octanol–water partition coefficient (Wildman–Crippen LogP) is 2.44. The second-order valence-corrected chi connectivity index (χ2v) is 4.48. The van der Waals surface area contributed by atoms with Crippen LogP contribution in [0.4, 0.5) is 0 Å². The molecule has 1 saturated heterocycles. The van der Waals surface area contributed by atoms with Gasteiger partial charge in [-0.3, -0.25) is 4.90 Å². The number of hydrogen-bond donors (Lipinski definition) is 0. The van der Waals surface area contributed by atoms with E-state index >= 15 is 0 Å². The fraction of sp³-hybridized carbons (Fsp3) is 0.818. The molecule has 0 aromatic rings. The van der Waals surface area contributed by atoms with Crippen molar-refractivity contribution in [3.63, 3.8) is 0 Å². The van der Waals surface area contributed by atoms with Crippen molar-refractivity contribution in [2.75, 3.05) is 13.1 Å². The standard InChI is InChI=1S/C11H19N/c1-9(2)5-7-12-6-3-4-10-8-11(10)12/h5,10-11H,3-4,6-8H2,1-2H3/t10-,11+/m1/s1. The van der Waals surface area contributed by atoms with E-state index in [0.717, 1.165) is 12.0 Å².